The molecule has 0 N–H and O–H groups in total. The third-order valence-electron chi connectivity index (χ3n) is 9.71. The fraction of sp³-hybridized carbons (Fsp3) is 0.514. The van der Waals surface area contributed by atoms with E-state index in [2.05, 4.69) is 0 Å². The maximum Gasteiger partial charge on any atom is 0.338 e. The molecule has 11 heteroatoms. The number of fused-ring (bicyclic) bond motifs is 1. The largest absolute Gasteiger partial charge is 0.459 e. The predicted octanol–water partition coefficient (Wildman–Crippen LogP) is 4.46. The Bertz CT molecular complexity index is 1500. The lowest BCUT2D eigenvalue weighted by Crippen LogP contribution is -2.79. The Balaban J connectivity index is 1.78. The topological polar surface area (TPSA) is 141 Å². The third kappa shape index (κ3) is 5.44. The molecule has 0 aromatic heterocycles. The Hall–Kier alpha value is -4.25. The van der Waals surface area contributed by atoms with Crippen LogP contribution in [0.25, 0.3) is 0 Å². The standard InChI is InChI=1S/C35H40O11/c1-19-18-25(41-20(2)36)28(42-21(3)37)34(7)30(45-32(40)24-16-12-9-13-17-24)27(44-31(39)23-14-10-8-11-15-23)26-29(43-22(4)38)35(19,34)46-33(26,5)6/h8-17,19,25-30H,18H2,1-7H3/t19-,25+,26-,27-,28+,29-,30+,34+,35-/m1/s1. The first-order valence-electron chi connectivity index (χ1n) is 15.4. The van der Waals surface area contributed by atoms with Crippen LogP contribution < -0.4 is 0 Å². The van der Waals surface area contributed by atoms with Crippen molar-refractivity contribution >= 4 is 29.8 Å². The van der Waals surface area contributed by atoms with Crippen LogP contribution in [0, 0.1) is 17.3 Å². The maximum absolute atomic E-state index is 13.9. The molecule has 246 valence electrons. The van der Waals surface area contributed by atoms with Crippen molar-refractivity contribution in [1.29, 1.82) is 0 Å². The van der Waals surface area contributed by atoms with Gasteiger partial charge in [0.05, 0.1) is 28.1 Å². The lowest BCUT2D eigenvalue weighted by Gasteiger charge is -2.63. The third-order valence-corrected chi connectivity index (χ3v) is 9.71. The summed E-state index contributed by atoms with van der Waals surface area (Å²) in [5, 5.41) is 0. The Labute approximate surface area is 267 Å². The number of carbonyl (C=O) groups excluding carboxylic acids is 5. The normalized spacial score (nSPS) is 33.9. The van der Waals surface area contributed by atoms with Crippen LogP contribution >= 0.6 is 0 Å². The van der Waals surface area contributed by atoms with Crippen molar-refractivity contribution in [2.45, 2.75) is 96.6 Å². The van der Waals surface area contributed by atoms with E-state index in [9.17, 15) is 24.0 Å². The number of rotatable bonds is 7. The van der Waals surface area contributed by atoms with Crippen LogP contribution in [0.15, 0.2) is 60.7 Å². The van der Waals surface area contributed by atoms with Gasteiger partial charge in [-0.25, -0.2) is 9.59 Å². The van der Waals surface area contributed by atoms with Gasteiger partial charge in [-0.2, -0.15) is 0 Å². The zero-order valence-electron chi connectivity index (χ0n) is 27.0. The molecule has 9 atom stereocenters. The highest BCUT2D eigenvalue weighted by molar-refractivity contribution is 5.90. The van der Waals surface area contributed by atoms with Gasteiger partial charge >= 0.3 is 29.8 Å². The number of hydrogen-bond acceptors (Lipinski definition) is 11. The Morgan fingerprint density at radius 3 is 1.63 bits per heavy atom. The zero-order chi connectivity index (χ0) is 33.6. The Morgan fingerprint density at radius 2 is 1.13 bits per heavy atom. The fourth-order valence-corrected chi connectivity index (χ4v) is 8.15. The lowest BCUT2D eigenvalue weighted by molar-refractivity contribution is -0.314. The van der Waals surface area contributed by atoms with E-state index in [-0.39, 0.29) is 17.5 Å². The molecule has 2 bridgehead atoms. The van der Waals surface area contributed by atoms with Gasteiger partial charge < -0.3 is 28.4 Å². The van der Waals surface area contributed by atoms with Gasteiger partial charge in [0.15, 0.2) is 12.2 Å². The van der Waals surface area contributed by atoms with Crippen molar-refractivity contribution in [1.82, 2.24) is 0 Å². The first-order chi connectivity index (χ1) is 21.6. The second-order valence-electron chi connectivity index (χ2n) is 13.1. The Morgan fingerprint density at radius 1 is 0.652 bits per heavy atom. The van der Waals surface area contributed by atoms with Crippen LogP contribution in [-0.4, -0.2) is 71.6 Å². The summed E-state index contributed by atoms with van der Waals surface area (Å²) < 4.78 is 37.5. The average Bonchev–Trinajstić information content (AvgIpc) is 3.19. The fourth-order valence-electron chi connectivity index (χ4n) is 8.15. The number of hydrogen-bond donors (Lipinski definition) is 0. The number of esters is 5. The molecule has 5 rings (SSSR count). The summed E-state index contributed by atoms with van der Waals surface area (Å²) in [5.41, 5.74) is -3.72. The summed E-state index contributed by atoms with van der Waals surface area (Å²) in [6.45, 7) is 10.9. The molecule has 2 aromatic rings. The van der Waals surface area contributed by atoms with Crippen molar-refractivity contribution < 1.29 is 52.4 Å². The maximum atomic E-state index is 13.9. The lowest BCUT2D eigenvalue weighted by atomic mass is 9.47. The molecule has 1 saturated heterocycles. The quantitative estimate of drug-likeness (QED) is 0.314. The second kappa shape index (κ2) is 12.2. The van der Waals surface area contributed by atoms with Gasteiger partial charge in [0.2, 0.25) is 0 Å². The summed E-state index contributed by atoms with van der Waals surface area (Å²) >= 11 is 0. The predicted molar refractivity (Wildman–Crippen MR) is 161 cm³/mol. The van der Waals surface area contributed by atoms with Gasteiger partial charge in [0.1, 0.15) is 23.9 Å². The SMILES string of the molecule is CC(=O)O[C@H]1C[C@@H](C)[C@]23OC(C)(C)[C@H]([C@@H](OC(=O)c4ccccc4)[C@H](OC(=O)c4ccccc4)[C@]2(C)[C@H]1OC(C)=O)[C@H]3OC(C)=O. The molecular weight excluding hydrogens is 596 g/mol. The molecular formula is C35H40O11. The van der Waals surface area contributed by atoms with E-state index in [4.69, 9.17) is 28.4 Å². The van der Waals surface area contributed by atoms with Crippen LogP contribution in [0.2, 0.25) is 0 Å². The van der Waals surface area contributed by atoms with Gasteiger partial charge in [-0.3, -0.25) is 14.4 Å². The first kappa shape index (κ1) is 33.1. The van der Waals surface area contributed by atoms with Crippen molar-refractivity contribution in [2.75, 3.05) is 0 Å². The van der Waals surface area contributed by atoms with E-state index < -0.39 is 88.8 Å². The van der Waals surface area contributed by atoms with Gasteiger partial charge in [-0.1, -0.05) is 43.3 Å². The smallest absolute Gasteiger partial charge is 0.338 e. The molecule has 2 aromatic carbocycles. The van der Waals surface area contributed by atoms with E-state index in [0.717, 1.165) is 0 Å². The molecule has 11 nitrogen and oxygen atoms in total. The van der Waals surface area contributed by atoms with Crippen LogP contribution in [0.4, 0.5) is 0 Å². The highest BCUT2D eigenvalue weighted by atomic mass is 16.6. The van der Waals surface area contributed by atoms with Crippen molar-refractivity contribution in [2.24, 2.45) is 17.3 Å². The molecule has 46 heavy (non-hydrogen) atoms. The first-order valence-corrected chi connectivity index (χ1v) is 15.4. The molecule has 1 heterocycles. The second-order valence-corrected chi connectivity index (χ2v) is 13.1. The molecule has 1 aliphatic heterocycles. The average molecular weight is 637 g/mol. The van der Waals surface area contributed by atoms with Gasteiger partial charge in [-0.15, -0.1) is 0 Å². The molecule has 0 radical (unpaired) electrons. The van der Waals surface area contributed by atoms with Gasteiger partial charge in [0, 0.05) is 20.8 Å². The van der Waals surface area contributed by atoms with Crippen molar-refractivity contribution in [3.63, 3.8) is 0 Å². The summed E-state index contributed by atoms with van der Waals surface area (Å²) in [7, 11) is 0. The van der Waals surface area contributed by atoms with E-state index in [1.165, 1.54) is 20.8 Å². The van der Waals surface area contributed by atoms with E-state index in [0.29, 0.717) is 0 Å². The molecule has 1 spiro atoms. The molecule has 3 fully saturated rings. The number of carbonyl (C=O) groups is 5. The minimum Gasteiger partial charge on any atom is -0.459 e. The highest BCUT2D eigenvalue weighted by Gasteiger charge is 2.83. The minimum atomic E-state index is -1.60. The summed E-state index contributed by atoms with van der Waals surface area (Å²) in [4.78, 5) is 65.5. The number of ether oxygens (including phenoxy) is 6. The molecule has 2 aliphatic carbocycles. The molecule has 2 saturated carbocycles. The van der Waals surface area contributed by atoms with E-state index in [1.54, 1.807) is 81.4 Å². The van der Waals surface area contributed by atoms with Crippen LogP contribution in [0.3, 0.4) is 0 Å². The molecule has 3 aliphatic rings. The molecule has 0 amide bonds. The monoisotopic (exact) mass is 636 g/mol. The van der Waals surface area contributed by atoms with Gasteiger partial charge in [-0.05, 0) is 57.4 Å². The van der Waals surface area contributed by atoms with Crippen LogP contribution in [0.1, 0.15) is 75.6 Å². The highest BCUT2D eigenvalue weighted by Crippen LogP contribution is 2.68. The zero-order valence-corrected chi connectivity index (χ0v) is 27.0. The van der Waals surface area contributed by atoms with E-state index in [1.807, 2.05) is 6.92 Å². The summed E-state index contributed by atoms with van der Waals surface area (Å²) in [6.07, 6.45) is -5.77. The van der Waals surface area contributed by atoms with Gasteiger partial charge in [0.25, 0.3) is 0 Å². The summed E-state index contributed by atoms with van der Waals surface area (Å²) in [6, 6.07) is 16.6. The number of benzene rings is 2. The van der Waals surface area contributed by atoms with Crippen LogP contribution in [0.5, 0.6) is 0 Å². The summed E-state index contributed by atoms with van der Waals surface area (Å²) in [5.74, 6) is -4.70. The molecule has 0 unspecified atom stereocenters. The minimum absolute atomic E-state index is 0.168. The van der Waals surface area contributed by atoms with Crippen LogP contribution in [-0.2, 0) is 42.8 Å². The van der Waals surface area contributed by atoms with E-state index >= 15 is 0 Å². The Kier molecular flexibility index (Phi) is 8.76. The van der Waals surface area contributed by atoms with Crippen molar-refractivity contribution in [3.8, 4) is 0 Å². The van der Waals surface area contributed by atoms with Crippen molar-refractivity contribution in [3.05, 3.63) is 71.8 Å².